The van der Waals surface area contributed by atoms with E-state index >= 15 is 0 Å². The van der Waals surface area contributed by atoms with E-state index in [4.69, 9.17) is 0 Å². The number of anilines is 1. The van der Waals surface area contributed by atoms with Gasteiger partial charge in [-0.2, -0.15) is 0 Å². The fourth-order valence-electron chi connectivity index (χ4n) is 1.93. The molecule has 0 saturated heterocycles. The molecule has 3 aromatic rings. The van der Waals surface area contributed by atoms with Gasteiger partial charge in [-0.1, -0.05) is 29.0 Å². The van der Waals surface area contributed by atoms with Crippen LogP contribution in [0.4, 0.5) is 5.13 Å². The molecular formula is C16H14N4OS. The van der Waals surface area contributed by atoms with Gasteiger partial charge in [0.05, 0.1) is 0 Å². The molecule has 1 amide bonds. The van der Waals surface area contributed by atoms with E-state index in [1.807, 2.05) is 43.3 Å². The zero-order valence-corrected chi connectivity index (χ0v) is 13.0. The largest absolute Gasteiger partial charge is 0.286 e. The number of aryl methyl sites for hydroxylation is 1. The topological polar surface area (TPSA) is 59.0 Å². The van der Waals surface area contributed by atoms with Crippen LogP contribution < -0.4 is 4.90 Å². The number of amides is 1. The fourth-order valence-corrected chi connectivity index (χ4v) is 2.73. The fraction of sp³-hybridized carbons (Fsp3) is 0.125. The zero-order chi connectivity index (χ0) is 15.5. The minimum atomic E-state index is -0.103. The minimum absolute atomic E-state index is 0.103. The molecule has 0 radical (unpaired) electrons. The molecule has 2 heterocycles. The predicted octanol–water partition coefficient (Wildman–Crippen LogP) is 3.19. The molecule has 0 N–H and O–H groups in total. The van der Waals surface area contributed by atoms with Crippen LogP contribution in [0.3, 0.4) is 0 Å². The first-order valence-corrected chi connectivity index (χ1v) is 7.55. The van der Waals surface area contributed by atoms with E-state index in [1.165, 1.54) is 16.2 Å². The first kappa shape index (κ1) is 14.3. The van der Waals surface area contributed by atoms with Gasteiger partial charge < -0.3 is 0 Å². The molecule has 0 saturated carbocycles. The van der Waals surface area contributed by atoms with Crippen LogP contribution in [0.15, 0.2) is 48.8 Å². The van der Waals surface area contributed by atoms with Crippen LogP contribution in [0.5, 0.6) is 0 Å². The van der Waals surface area contributed by atoms with Crippen LogP contribution in [0, 0.1) is 6.92 Å². The number of aromatic nitrogens is 3. The second-order valence-electron chi connectivity index (χ2n) is 4.86. The van der Waals surface area contributed by atoms with Crippen molar-refractivity contribution in [1.82, 2.24) is 15.2 Å². The molecule has 22 heavy (non-hydrogen) atoms. The van der Waals surface area contributed by atoms with E-state index < -0.39 is 0 Å². The van der Waals surface area contributed by atoms with Gasteiger partial charge in [-0.05, 0) is 31.2 Å². The number of pyridine rings is 1. The van der Waals surface area contributed by atoms with Crippen LogP contribution in [0.25, 0.3) is 10.6 Å². The summed E-state index contributed by atoms with van der Waals surface area (Å²) in [6.45, 7) is 1.99. The highest BCUT2D eigenvalue weighted by Gasteiger charge is 2.18. The molecule has 0 aliphatic rings. The normalized spacial score (nSPS) is 10.5. The summed E-state index contributed by atoms with van der Waals surface area (Å²) in [6, 6.07) is 11.2. The second kappa shape index (κ2) is 6.03. The molecule has 1 aromatic carbocycles. The number of carbonyl (C=O) groups is 1. The van der Waals surface area contributed by atoms with Gasteiger partial charge in [0.1, 0.15) is 0 Å². The summed E-state index contributed by atoms with van der Waals surface area (Å²) >= 11 is 1.36. The predicted molar refractivity (Wildman–Crippen MR) is 87.1 cm³/mol. The molecule has 3 rings (SSSR count). The number of carbonyl (C=O) groups excluding carboxylic acids is 1. The molecular weight excluding hydrogens is 296 g/mol. The maximum atomic E-state index is 12.5. The van der Waals surface area contributed by atoms with Crippen molar-refractivity contribution < 1.29 is 4.79 Å². The Hall–Kier alpha value is -2.60. The molecule has 0 fully saturated rings. The summed E-state index contributed by atoms with van der Waals surface area (Å²) in [5.74, 6) is -0.103. The van der Waals surface area contributed by atoms with Gasteiger partial charge in [0.15, 0.2) is 5.01 Å². The smallest absolute Gasteiger partial charge is 0.259 e. The summed E-state index contributed by atoms with van der Waals surface area (Å²) in [6.07, 6.45) is 3.44. The Morgan fingerprint density at radius 2 is 1.91 bits per heavy atom. The van der Waals surface area contributed by atoms with Crippen molar-refractivity contribution in [3.05, 3.63) is 59.9 Å². The maximum absolute atomic E-state index is 12.5. The molecule has 0 aliphatic carbocycles. The second-order valence-corrected chi connectivity index (χ2v) is 5.82. The monoisotopic (exact) mass is 310 g/mol. The first-order valence-electron chi connectivity index (χ1n) is 6.74. The van der Waals surface area contributed by atoms with E-state index in [0.29, 0.717) is 10.7 Å². The van der Waals surface area contributed by atoms with Crippen molar-refractivity contribution in [3.8, 4) is 10.6 Å². The number of rotatable bonds is 3. The standard InChI is InChI=1S/C16H14N4OS/c1-11-5-7-12(8-6-11)15(21)20(2)16-19-18-14(22-16)13-4-3-9-17-10-13/h3-10H,1-2H3. The zero-order valence-electron chi connectivity index (χ0n) is 12.2. The average molecular weight is 310 g/mol. The number of benzene rings is 1. The summed E-state index contributed by atoms with van der Waals surface area (Å²) in [7, 11) is 1.70. The van der Waals surface area contributed by atoms with Gasteiger partial charge in [0.2, 0.25) is 5.13 Å². The number of nitrogens with zero attached hydrogens (tertiary/aromatic N) is 4. The van der Waals surface area contributed by atoms with E-state index in [0.717, 1.165) is 16.1 Å². The highest BCUT2D eigenvalue weighted by atomic mass is 32.1. The Labute approximate surface area is 132 Å². The van der Waals surface area contributed by atoms with Crippen molar-refractivity contribution in [2.45, 2.75) is 6.92 Å². The SMILES string of the molecule is Cc1ccc(C(=O)N(C)c2nnc(-c3cccnc3)s2)cc1. The summed E-state index contributed by atoms with van der Waals surface area (Å²) in [5, 5.41) is 9.54. The van der Waals surface area contributed by atoms with Gasteiger partial charge >= 0.3 is 0 Å². The molecule has 0 atom stereocenters. The Kier molecular flexibility index (Phi) is 3.93. The molecule has 0 bridgehead atoms. The van der Waals surface area contributed by atoms with Crippen LogP contribution in [-0.4, -0.2) is 28.1 Å². The van der Waals surface area contributed by atoms with Crippen molar-refractivity contribution >= 4 is 22.4 Å². The van der Waals surface area contributed by atoms with Crippen LogP contribution in [-0.2, 0) is 0 Å². The third kappa shape index (κ3) is 2.87. The lowest BCUT2D eigenvalue weighted by atomic mass is 10.1. The Bertz CT molecular complexity index is 783. The van der Waals surface area contributed by atoms with E-state index in [2.05, 4.69) is 15.2 Å². The van der Waals surface area contributed by atoms with E-state index in [1.54, 1.807) is 19.4 Å². The van der Waals surface area contributed by atoms with Crippen molar-refractivity contribution in [3.63, 3.8) is 0 Å². The van der Waals surface area contributed by atoms with E-state index in [9.17, 15) is 4.79 Å². The van der Waals surface area contributed by atoms with E-state index in [-0.39, 0.29) is 5.91 Å². The van der Waals surface area contributed by atoms with Gasteiger partial charge in [-0.25, -0.2) is 0 Å². The third-order valence-corrected chi connectivity index (χ3v) is 4.26. The number of hydrogen-bond acceptors (Lipinski definition) is 5. The lowest BCUT2D eigenvalue weighted by molar-refractivity contribution is 0.0993. The molecule has 2 aromatic heterocycles. The molecule has 0 aliphatic heterocycles. The molecule has 6 heteroatoms. The molecule has 0 unspecified atom stereocenters. The van der Waals surface area contributed by atoms with Crippen LogP contribution >= 0.6 is 11.3 Å². The minimum Gasteiger partial charge on any atom is -0.286 e. The summed E-state index contributed by atoms with van der Waals surface area (Å²) in [5.41, 5.74) is 2.64. The van der Waals surface area contributed by atoms with Crippen LogP contribution in [0.1, 0.15) is 15.9 Å². The highest BCUT2D eigenvalue weighted by Crippen LogP contribution is 2.28. The van der Waals surface area contributed by atoms with Crippen LogP contribution in [0.2, 0.25) is 0 Å². The lowest BCUT2D eigenvalue weighted by Crippen LogP contribution is -2.26. The molecule has 0 spiro atoms. The van der Waals surface area contributed by atoms with Crippen molar-refractivity contribution in [2.24, 2.45) is 0 Å². The first-order chi connectivity index (χ1) is 10.6. The summed E-state index contributed by atoms with van der Waals surface area (Å²) in [4.78, 5) is 18.0. The van der Waals surface area contributed by atoms with Gasteiger partial charge in [-0.15, -0.1) is 10.2 Å². The molecule has 5 nitrogen and oxygen atoms in total. The maximum Gasteiger partial charge on any atom is 0.259 e. The third-order valence-electron chi connectivity index (χ3n) is 3.21. The highest BCUT2D eigenvalue weighted by molar-refractivity contribution is 7.18. The van der Waals surface area contributed by atoms with Gasteiger partial charge in [0.25, 0.3) is 5.91 Å². The van der Waals surface area contributed by atoms with Gasteiger partial charge in [0, 0.05) is 30.6 Å². The quantitative estimate of drug-likeness (QED) is 0.745. The summed E-state index contributed by atoms with van der Waals surface area (Å²) < 4.78 is 0. The molecule has 110 valence electrons. The average Bonchev–Trinajstić information content (AvgIpc) is 3.05. The Balaban J connectivity index is 1.83. The Morgan fingerprint density at radius 1 is 1.14 bits per heavy atom. The van der Waals surface area contributed by atoms with Crippen molar-refractivity contribution in [1.29, 1.82) is 0 Å². The lowest BCUT2D eigenvalue weighted by Gasteiger charge is -2.12. The number of hydrogen-bond donors (Lipinski definition) is 0. The van der Waals surface area contributed by atoms with Crippen molar-refractivity contribution in [2.75, 3.05) is 11.9 Å². The van der Waals surface area contributed by atoms with Gasteiger partial charge in [-0.3, -0.25) is 14.7 Å². The Morgan fingerprint density at radius 3 is 2.59 bits per heavy atom.